The van der Waals surface area contributed by atoms with Crippen LogP contribution < -0.4 is 0 Å². The Morgan fingerprint density at radius 2 is 0.651 bits per heavy atom. The average Bonchev–Trinajstić information content (AvgIpc) is 3.73. The first kappa shape index (κ1) is 35.5. The molecule has 1 heterocycles. The molecule has 0 aliphatic heterocycles. The first-order valence-corrected chi connectivity index (χ1v) is 21.7. The van der Waals surface area contributed by atoms with Gasteiger partial charge in [0.1, 0.15) is 11.2 Å². The third-order valence-electron chi connectivity index (χ3n) is 13.2. The van der Waals surface area contributed by atoms with Crippen LogP contribution in [0.1, 0.15) is 0 Å². The van der Waals surface area contributed by atoms with Gasteiger partial charge >= 0.3 is 0 Å². The van der Waals surface area contributed by atoms with E-state index in [0.29, 0.717) is 0 Å². The fourth-order valence-corrected chi connectivity index (χ4v) is 10.1. The topological polar surface area (TPSA) is 13.1 Å². The Balaban J connectivity index is 1.08. The maximum Gasteiger partial charge on any atom is 0.135 e. The number of furan rings is 1. The minimum absolute atomic E-state index is 0.908. The van der Waals surface area contributed by atoms with E-state index in [1.807, 2.05) is 12.1 Å². The van der Waals surface area contributed by atoms with Crippen molar-refractivity contribution in [3.8, 4) is 55.6 Å². The van der Waals surface area contributed by atoms with Crippen LogP contribution in [-0.4, -0.2) is 0 Å². The molecular weight excluding hydrogens is 761 g/mol. The number of benzene rings is 12. The van der Waals surface area contributed by atoms with Crippen LogP contribution in [0.4, 0.5) is 0 Å². The predicted octanol–water partition coefficient (Wildman–Crippen LogP) is 17.7. The van der Waals surface area contributed by atoms with Gasteiger partial charge in [-0.2, -0.15) is 0 Å². The maximum atomic E-state index is 6.19. The SMILES string of the molecule is c1ccc2cc(-c3ccc4c(-c5cccc6ccccc56)c5cc(-c6ccc7ccccc7c6)ccc5c(-c5ccc(-c6ccc7oc8ccccc8c7c6)cc5)c4c3)ccc2c1. The fraction of sp³-hybridized carbons (Fsp3) is 0. The Bertz CT molecular complexity index is 3960. The van der Waals surface area contributed by atoms with Crippen LogP contribution in [0, 0.1) is 0 Å². The molecule has 1 aromatic heterocycles. The van der Waals surface area contributed by atoms with E-state index >= 15 is 0 Å². The largest absolute Gasteiger partial charge is 0.456 e. The Morgan fingerprint density at radius 3 is 1.35 bits per heavy atom. The van der Waals surface area contributed by atoms with Gasteiger partial charge in [-0.15, -0.1) is 0 Å². The van der Waals surface area contributed by atoms with Crippen molar-refractivity contribution < 1.29 is 4.42 Å². The van der Waals surface area contributed by atoms with Crippen molar-refractivity contribution in [3.63, 3.8) is 0 Å². The highest BCUT2D eigenvalue weighted by atomic mass is 16.3. The Hall–Kier alpha value is -8.26. The summed E-state index contributed by atoms with van der Waals surface area (Å²) in [5, 5.41) is 14.6. The van der Waals surface area contributed by atoms with Crippen LogP contribution in [0.3, 0.4) is 0 Å². The van der Waals surface area contributed by atoms with Gasteiger partial charge in [-0.05, 0) is 152 Å². The molecule has 0 aliphatic rings. The normalized spacial score (nSPS) is 11.8. The molecule has 13 aromatic rings. The van der Waals surface area contributed by atoms with Gasteiger partial charge in [-0.25, -0.2) is 0 Å². The van der Waals surface area contributed by atoms with Crippen LogP contribution in [-0.2, 0) is 0 Å². The van der Waals surface area contributed by atoms with E-state index < -0.39 is 0 Å². The molecule has 13 rings (SSSR count). The van der Waals surface area contributed by atoms with Gasteiger partial charge in [-0.3, -0.25) is 0 Å². The second-order valence-electron chi connectivity index (χ2n) is 16.8. The van der Waals surface area contributed by atoms with Crippen LogP contribution in [0.25, 0.3) is 131 Å². The molecular formula is C62H38O. The first-order chi connectivity index (χ1) is 31.2. The summed E-state index contributed by atoms with van der Waals surface area (Å²) in [7, 11) is 0. The Labute approximate surface area is 364 Å². The fourth-order valence-electron chi connectivity index (χ4n) is 10.1. The van der Waals surface area contributed by atoms with Gasteiger partial charge in [0.05, 0.1) is 0 Å². The summed E-state index contributed by atoms with van der Waals surface area (Å²) in [6.45, 7) is 0. The molecule has 0 spiro atoms. The van der Waals surface area contributed by atoms with E-state index in [9.17, 15) is 0 Å². The molecule has 0 fully saturated rings. The van der Waals surface area contributed by atoms with Crippen LogP contribution in [0.15, 0.2) is 235 Å². The van der Waals surface area contributed by atoms with Crippen molar-refractivity contribution in [1.82, 2.24) is 0 Å². The van der Waals surface area contributed by atoms with E-state index in [-0.39, 0.29) is 0 Å². The highest BCUT2D eigenvalue weighted by molar-refractivity contribution is 6.24. The molecule has 1 nitrogen and oxygen atoms in total. The second-order valence-corrected chi connectivity index (χ2v) is 16.8. The summed E-state index contributed by atoms with van der Waals surface area (Å²) in [5.74, 6) is 0. The van der Waals surface area contributed by atoms with Crippen LogP contribution in [0.2, 0.25) is 0 Å². The quantitative estimate of drug-likeness (QED) is 0.158. The van der Waals surface area contributed by atoms with E-state index in [0.717, 1.165) is 21.9 Å². The molecule has 0 N–H and O–H groups in total. The molecule has 0 unspecified atom stereocenters. The first-order valence-electron chi connectivity index (χ1n) is 21.7. The summed E-state index contributed by atoms with van der Waals surface area (Å²) < 4.78 is 6.19. The summed E-state index contributed by atoms with van der Waals surface area (Å²) >= 11 is 0. The van der Waals surface area contributed by atoms with Crippen LogP contribution in [0.5, 0.6) is 0 Å². The molecule has 0 radical (unpaired) electrons. The number of para-hydroxylation sites is 1. The summed E-state index contributed by atoms with van der Waals surface area (Å²) in [6.07, 6.45) is 0. The van der Waals surface area contributed by atoms with Gasteiger partial charge in [0.2, 0.25) is 0 Å². The van der Waals surface area contributed by atoms with Crippen molar-refractivity contribution >= 4 is 75.8 Å². The third-order valence-corrected chi connectivity index (χ3v) is 13.2. The van der Waals surface area contributed by atoms with Crippen LogP contribution >= 0.6 is 0 Å². The summed E-state index contributed by atoms with van der Waals surface area (Å²) in [5.41, 5.74) is 13.9. The zero-order chi connectivity index (χ0) is 41.4. The highest BCUT2D eigenvalue weighted by Gasteiger charge is 2.20. The van der Waals surface area contributed by atoms with Gasteiger partial charge in [-0.1, -0.05) is 188 Å². The zero-order valence-corrected chi connectivity index (χ0v) is 34.3. The lowest BCUT2D eigenvalue weighted by molar-refractivity contribution is 0.669. The molecule has 0 amide bonds. The monoisotopic (exact) mass is 798 g/mol. The zero-order valence-electron chi connectivity index (χ0n) is 34.3. The summed E-state index contributed by atoms with van der Waals surface area (Å²) in [4.78, 5) is 0. The third kappa shape index (κ3) is 5.86. The van der Waals surface area contributed by atoms with E-state index in [1.165, 1.54) is 109 Å². The molecule has 0 saturated carbocycles. The number of hydrogen-bond donors (Lipinski definition) is 0. The van der Waals surface area contributed by atoms with E-state index in [1.54, 1.807) is 0 Å². The minimum atomic E-state index is 0.908. The van der Waals surface area contributed by atoms with Gasteiger partial charge in [0.25, 0.3) is 0 Å². The average molecular weight is 799 g/mol. The minimum Gasteiger partial charge on any atom is -0.456 e. The van der Waals surface area contributed by atoms with Crippen molar-refractivity contribution in [2.45, 2.75) is 0 Å². The highest BCUT2D eigenvalue weighted by Crippen LogP contribution is 2.48. The van der Waals surface area contributed by atoms with Crippen molar-refractivity contribution in [1.29, 1.82) is 0 Å². The molecule has 292 valence electrons. The number of fused-ring (bicyclic) bond motifs is 8. The molecule has 0 saturated heterocycles. The standard InChI is InChI=1S/C62H38O/c1-3-13-44-34-46(26-22-39(44)10-1)49-29-32-55-57(37-49)61(43-24-20-41(21-25-43)48-30-33-60-56(36-48)52-17-7-8-19-59(52)63-60)54-31-28-50(47-27-23-40-11-2-4-14-45(40)35-47)38-58(54)62(55)53-18-9-15-42-12-5-6-16-51(42)53/h1-38H. The number of hydrogen-bond acceptors (Lipinski definition) is 1. The van der Waals surface area contributed by atoms with Gasteiger partial charge in [0, 0.05) is 10.8 Å². The molecule has 12 aromatic carbocycles. The lowest BCUT2D eigenvalue weighted by atomic mass is 9.82. The van der Waals surface area contributed by atoms with Crippen molar-refractivity contribution in [3.05, 3.63) is 231 Å². The van der Waals surface area contributed by atoms with E-state index in [2.05, 4.69) is 218 Å². The number of rotatable bonds is 5. The van der Waals surface area contributed by atoms with Crippen molar-refractivity contribution in [2.24, 2.45) is 0 Å². The Kier molecular flexibility index (Phi) is 7.98. The van der Waals surface area contributed by atoms with Gasteiger partial charge < -0.3 is 4.42 Å². The Morgan fingerprint density at radius 1 is 0.206 bits per heavy atom. The lowest BCUT2D eigenvalue weighted by Crippen LogP contribution is -1.93. The summed E-state index contributed by atoms with van der Waals surface area (Å²) in [6, 6.07) is 84.8. The van der Waals surface area contributed by atoms with Crippen molar-refractivity contribution in [2.75, 3.05) is 0 Å². The lowest BCUT2D eigenvalue weighted by Gasteiger charge is -2.21. The molecule has 0 bridgehead atoms. The second kappa shape index (κ2) is 14.2. The smallest absolute Gasteiger partial charge is 0.135 e. The molecule has 63 heavy (non-hydrogen) atoms. The molecule has 0 atom stereocenters. The van der Waals surface area contributed by atoms with E-state index in [4.69, 9.17) is 4.42 Å². The van der Waals surface area contributed by atoms with Gasteiger partial charge in [0.15, 0.2) is 0 Å². The molecule has 1 heteroatoms. The predicted molar refractivity (Wildman–Crippen MR) is 268 cm³/mol. The maximum absolute atomic E-state index is 6.19. The molecule has 0 aliphatic carbocycles.